The first-order valence-electron chi connectivity index (χ1n) is 4.65. The summed E-state index contributed by atoms with van der Waals surface area (Å²) in [6.45, 7) is 1.48. The van der Waals surface area contributed by atoms with Gasteiger partial charge in [-0.1, -0.05) is 12.8 Å². The molecule has 0 spiro atoms. The van der Waals surface area contributed by atoms with E-state index in [0.29, 0.717) is 6.42 Å². The Bertz CT molecular complexity index is 201. The van der Waals surface area contributed by atoms with Gasteiger partial charge in [0.05, 0.1) is 0 Å². The van der Waals surface area contributed by atoms with Gasteiger partial charge in [0.1, 0.15) is 5.78 Å². The van der Waals surface area contributed by atoms with Crippen molar-refractivity contribution in [1.29, 1.82) is 0 Å². The lowest BCUT2D eigenvalue weighted by Gasteiger charge is -2.22. The van der Waals surface area contributed by atoms with Crippen LogP contribution in [0.1, 0.15) is 39.0 Å². The monoisotopic (exact) mass is 185 g/mol. The number of hydrogen-bond donors (Lipinski definition) is 0. The summed E-state index contributed by atoms with van der Waals surface area (Å²) in [6.07, 6.45) is 4.12. The summed E-state index contributed by atoms with van der Waals surface area (Å²) in [4.78, 5) is 21.1. The molecule has 0 amide bonds. The number of carbonyl (C=O) groups is 1. The van der Waals surface area contributed by atoms with Crippen molar-refractivity contribution in [2.75, 3.05) is 6.54 Å². The normalized spacial score (nSPS) is 20.1. The minimum absolute atomic E-state index is 0.0351. The first-order valence-corrected chi connectivity index (χ1v) is 4.65. The SMILES string of the molecule is CC(=O)CC1(C[N+](=O)[O-])CCCC1. The lowest BCUT2D eigenvalue weighted by molar-refractivity contribution is -0.497. The molecule has 0 heterocycles. The van der Waals surface area contributed by atoms with E-state index in [4.69, 9.17) is 0 Å². The standard InChI is InChI=1S/C9H15NO3/c1-8(11)6-9(7-10(12)13)4-2-3-5-9/h2-7H2,1H3. The molecule has 74 valence electrons. The Hall–Kier alpha value is -0.930. The molecule has 0 radical (unpaired) electrons. The van der Waals surface area contributed by atoms with Crippen LogP contribution in [0.5, 0.6) is 0 Å². The van der Waals surface area contributed by atoms with E-state index >= 15 is 0 Å². The van der Waals surface area contributed by atoms with Gasteiger partial charge in [-0.25, -0.2) is 0 Å². The number of ketones is 1. The van der Waals surface area contributed by atoms with Crippen LogP contribution in [0.3, 0.4) is 0 Å². The van der Waals surface area contributed by atoms with Crippen molar-refractivity contribution in [3.63, 3.8) is 0 Å². The summed E-state index contributed by atoms with van der Waals surface area (Å²) in [5.41, 5.74) is -0.310. The molecule has 0 aliphatic heterocycles. The second-order valence-electron chi connectivity index (χ2n) is 4.08. The third-order valence-corrected chi connectivity index (χ3v) is 2.75. The van der Waals surface area contributed by atoms with E-state index < -0.39 is 0 Å². The number of nitrogens with zero attached hydrogens (tertiary/aromatic N) is 1. The van der Waals surface area contributed by atoms with Gasteiger partial charge in [-0.05, 0) is 19.8 Å². The van der Waals surface area contributed by atoms with Crippen LogP contribution < -0.4 is 0 Å². The Morgan fingerprint density at radius 2 is 2.00 bits per heavy atom. The quantitative estimate of drug-likeness (QED) is 0.495. The van der Waals surface area contributed by atoms with E-state index in [1.807, 2.05) is 0 Å². The highest BCUT2D eigenvalue weighted by Crippen LogP contribution is 2.41. The third kappa shape index (κ3) is 2.79. The Balaban J connectivity index is 2.62. The highest BCUT2D eigenvalue weighted by Gasteiger charge is 2.39. The van der Waals surface area contributed by atoms with Crippen molar-refractivity contribution in [3.05, 3.63) is 10.1 Å². The zero-order chi connectivity index (χ0) is 9.90. The fraction of sp³-hybridized carbons (Fsp3) is 0.889. The molecule has 0 unspecified atom stereocenters. The Kier molecular flexibility index (Phi) is 3.01. The Morgan fingerprint density at radius 3 is 2.38 bits per heavy atom. The van der Waals surface area contributed by atoms with Gasteiger partial charge < -0.3 is 4.79 Å². The number of rotatable bonds is 4. The predicted octanol–water partition coefficient (Wildman–Crippen LogP) is 1.80. The van der Waals surface area contributed by atoms with Crippen LogP contribution in [0.2, 0.25) is 0 Å². The zero-order valence-corrected chi connectivity index (χ0v) is 7.91. The topological polar surface area (TPSA) is 60.2 Å². The summed E-state index contributed by atoms with van der Waals surface area (Å²) in [5.74, 6) is 0.0729. The van der Waals surface area contributed by atoms with E-state index in [1.54, 1.807) is 0 Å². The van der Waals surface area contributed by atoms with E-state index in [9.17, 15) is 14.9 Å². The number of carbonyl (C=O) groups excluding carboxylic acids is 1. The van der Waals surface area contributed by atoms with Gasteiger partial charge in [0.25, 0.3) is 0 Å². The fourth-order valence-corrected chi connectivity index (χ4v) is 2.32. The third-order valence-electron chi connectivity index (χ3n) is 2.75. The van der Waals surface area contributed by atoms with Gasteiger partial charge in [-0.15, -0.1) is 0 Å². The molecular weight excluding hydrogens is 170 g/mol. The van der Waals surface area contributed by atoms with Crippen molar-refractivity contribution in [2.45, 2.75) is 39.0 Å². The molecule has 0 aromatic carbocycles. The molecule has 13 heavy (non-hydrogen) atoms. The minimum Gasteiger partial charge on any atom is -0.300 e. The second kappa shape index (κ2) is 3.85. The van der Waals surface area contributed by atoms with Gasteiger partial charge in [-0.3, -0.25) is 10.1 Å². The smallest absolute Gasteiger partial charge is 0.209 e. The molecule has 0 bridgehead atoms. The van der Waals surface area contributed by atoms with Gasteiger partial charge >= 0.3 is 0 Å². The summed E-state index contributed by atoms with van der Waals surface area (Å²) in [7, 11) is 0. The Morgan fingerprint density at radius 1 is 1.46 bits per heavy atom. The molecule has 1 rings (SSSR count). The van der Waals surface area contributed by atoms with Crippen molar-refractivity contribution < 1.29 is 9.72 Å². The average molecular weight is 185 g/mol. The molecular formula is C9H15NO3. The van der Waals surface area contributed by atoms with Gasteiger partial charge in [-0.2, -0.15) is 0 Å². The van der Waals surface area contributed by atoms with E-state index in [1.165, 1.54) is 6.92 Å². The molecule has 1 aliphatic rings. The van der Waals surface area contributed by atoms with Gasteiger partial charge in [0, 0.05) is 16.8 Å². The molecule has 0 aromatic heterocycles. The molecule has 0 aromatic rings. The van der Waals surface area contributed by atoms with Gasteiger partial charge in [0.15, 0.2) is 0 Å². The maximum atomic E-state index is 11.0. The first kappa shape index (κ1) is 10.2. The lowest BCUT2D eigenvalue weighted by atomic mass is 9.81. The summed E-state index contributed by atoms with van der Waals surface area (Å²) in [5, 5.41) is 10.4. The molecule has 1 saturated carbocycles. The first-order chi connectivity index (χ1) is 6.04. The summed E-state index contributed by atoms with van der Waals surface area (Å²) >= 11 is 0. The predicted molar refractivity (Wildman–Crippen MR) is 48.1 cm³/mol. The van der Waals surface area contributed by atoms with Crippen LogP contribution >= 0.6 is 0 Å². The lowest BCUT2D eigenvalue weighted by Crippen LogP contribution is -2.28. The minimum atomic E-state index is -0.310. The van der Waals surface area contributed by atoms with Crippen LogP contribution in [0.25, 0.3) is 0 Å². The number of Topliss-reactive ketones (excluding diaryl/α,β-unsaturated/α-hetero) is 1. The number of nitro groups is 1. The molecule has 1 aliphatic carbocycles. The van der Waals surface area contributed by atoms with Crippen LogP contribution in [0.15, 0.2) is 0 Å². The summed E-state index contributed by atoms with van der Waals surface area (Å²) < 4.78 is 0. The zero-order valence-electron chi connectivity index (χ0n) is 7.91. The summed E-state index contributed by atoms with van der Waals surface area (Å²) in [6, 6.07) is 0. The van der Waals surface area contributed by atoms with E-state index in [-0.39, 0.29) is 22.7 Å². The molecule has 1 fully saturated rings. The molecule has 0 N–H and O–H groups in total. The molecule has 4 heteroatoms. The maximum Gasteiger partial charge on any atom is 0.209 e. The van der Waals surface area contributed by atoms with Crippen LogP contribution in [-0.2, 0) is 4.79 Å². The fourth-order valence-electron chi connectivity index (χ4n) is 2.32. The van der Waals surface area contributed by atoms with Crippen molar-refractivity contribution in [1.82, 2.24) is 0 Å². The van der Waals surface area contributed by atoms with Crippen molar-refractivity contribution in [3.8, 4) is 0 Å². The highest BCUT2D eigenvalue weighted by molar-refractivity contribution is 5.76. The van der Waals surface area contributed by atoms with Crippen LogP contribution in [0, 0.1) is 15.5 Å². The van der Waals surface area contributed by atoms with Crippen molar-refractivity contribution in [2.24, 2.45) is 5.41 Å². The second-order valence-corrected chi connectivity index (χ2v) is 4.08. The average Bonchev–Trinajstić information content (AvgIpc) is 2.33. The molecule has 4 nitrogen and oxygen atoms in total. The molecule has 0 atom stereocenters. The number of hydrogen-bond acceptors (Lipinski definition) is 3. The van der Waals surface area contributed by atoms with Gasteiger partial charge in [0.2, 0.25) is 6.54 Å². The Labute approximate surface area is 77.5 Å². The largest absolute Gasteiger partial charge is 0.300 e. The van der Waals surface area contributed by atoms with Crippen LogP contribution in [0.4, 0.5) is 0 Å². The van der Waals surface area contributed by atoms with Crippen LogP contribution in [-0.4, -0.2) is 17.3 Å². The maximum absolute atomic E-state index is 11.0. The van der Waals surface area contributed by atoms with Crippen molar-refractivity contribution >= 4 is 5.78 Å². The molecule has 0 saturated heterocycles. The van der Waals surface area contributed by atoms with E-state index in [0.717, 1.165) is 25.7 Å². The highest BCUT2D eigenvalue weighted by atomic mass is 16.6. The van der Waals surface area contributed by atoms with E-state index in [2.05, 4.69) is 0 Å².